The minimum absolute atomic E-state index is 0.318. The Balaban J connectivity index is 2.75. The Kier molecular flexibility index (Phi) is 1.59. The highest BCUT2D eigenvalue weighted by molar-refractivity contribution is 7.86. The van der Waals surface area contributed by atoms with Crippen LogP contribution in [0.3, 0.4) is 0 Å². The maximum absolute atomic E-state index is 12.5. The third-order valence-electron chi connectivity index (χ3n) is 1.58. The Bertz CT molecular complexity index is 546. The van der Waals surface area contributed by atoms with E-state index in [1.165, 1.54) is 12.5 Å². The number of oxazole rings is 1. The lowest BCUT2D eigenvalue weighted by molar-refractivity contribution is 0.552. The van der Waals surface area contributed by atoms with Gasteiger partial charge in [-0.05, 0) is 18.2 Å². The molecule has 6 heteroatoms. The van der Waals surface area contributed by atoms with E-state index in [4.69, 9.17) is 4.42 Å². The molecule has 0 N–H and O–H groups in total. The number of halogens is 1. The summed E-state index contributed by atoms with van der Waals surface area (Å²) in [5.41, 5.74) is 0.742. The van der Waals surface area contributed by atoms with Gasteiger partial charge in [0.25, 0.3) is 0 Å². The standard InChI is InChI=1S/C7H4FNO3S/c8-13(10,11)5-1-2-7-6(3-5)9-4-12-7/h1-4H. The molecule has 0 amide bonds. The highest BCUT2D eigenvalue weighted by Gasteiger charge is 2.12. The molecular formula is C7H4FNO3S. The van der Waals surface area contributed by atoms with Gasteiger partial charge in [-0.2, -0.15) is 8.42 Å². The minimum Gasteiger partial charge on any atom is -0.443 e. The van der Waals surface area contributed by atoms with Gasteiger partial charge in [0.1, 0.15) is 10.4 Å². The highest BCUT2D eigenvalue weighted by atomic mass is 32.3. The van der Waals surface area contributed by atoms with Gasteiger partial charge in [-0.1, -0.05) is 0 Å². The van der Waals surface area contributed by atoms with Crippen molar-refractivity contribution in [1.82, 2.24) is 4.98 Å². The molecule has 2 rings (SSSR count). The molecule has 0 radical (unpaired) electrons. The van der Waals surface area contributed by atoms with Crippen molar-refractivity contribution in [2.45, 2.75) is 4.90 Å². The van der Waals surface area contributed by atoms with Gasteiger partial charge in [-0.25, -0.2) is 4.98 Å². The van der Waals surface area contributed by atoms with E-state index < -0.39 is 15.1 Å². The second-order valence-corrected chi connectivity index (χ2v) is 3.77. The fourth-order valence-electron chi connectivity index (χ4n) is 0.989. The molecule has 0 bridgehead atoms. The smallest absolute Gasteiger partial charge is 0.332 e. The van der Waals surface area contributed by atoms with Crippen LogP contribution in [-0.2, 0) is 10.2 Å². The molecule has 0 aliphatic heterocycles. The van der Waals surface area contributed by atoms with Crippen molar-refractivity contribution in [3.63, 3.8) is 0 Å². The van der Waals surface area contributed by atoms with Crippen LogP contribution in [0.25, 0.3) is 11.1 Å². The van der Waals surface area contributed by atoms with E-state index in [1.807, 2.05) is 0 Å². The van der Waals surface area contributed by atoms with Gasteiger partial charge in [-0.15, -0.1) is 3.89 Å². The lowest BCUT2D eigenvalue weighted by Crippen LogP contribution is -1.90. The Morgan fingerprint density at radius 2 is 2.15 bits per heavy atom. The van der Waals surface area contributed by atoms with Crippen LogP contribution >= 0.6 is 0 Å². The predicted octanol–water partition coefficient (Wildman–Crippen LogP) is 1.49. The number of benzene rings is 1. The molecule has 0 fully saturated rings. The van der Waals surface area contributed by atoms with E-state index in [0.717, 1.165) is 12.1 Å². The largest absolute Gasteiger partial charge is 0.443 e. The SMILES string of the molecule is O=S(=O)(F)c1ccc2ocnc2c1. The second-order valence-electron chi connectivity index (χ2n) is 2.42. The van der Waals surface area contributed by atoms with E-state index >= 15 is 0 Å². The van der Waals surface area contributed by atoms with E-state index in [0.29, 0.717) is 11.1 Å². The summed E-state index contributed by atoms with van der Waals surface area (Å²) in [4.78, 5) is 3.29. The van der Waals surface area contributed by atoms with Crippen LogP contribution in [0.4, 0.5) is 3.89 Å². The summed E-state index contributed by atoms with van der Waals surface area (Å²) in [5, 5.41) is 0. The van der Waals surface area contributed by atoms with Crippen molar-refractivity contribution >= 4 is 21.3 Å². The highest BCUT2D eigenvalue weighted by Crippen LogP contribution is 2.18. The number of fused-ring (bicyclic) bond motifs is 1. The van der Waals surface area contributed by atoms with Gasteiger partial charge < -0.3 is 4.42 Å². The van der Waals surface area contributed by atoms with E-state index in [9.17, 15) is 12.3 Å². The summed E-state index contributed by atoms with van der Waals surface area (Å²) in [6, 6.07) is 3.60. The molecule has 13 heavy (non-hydrogen) atoms. The molecule has 0 aliphatic rings. The first-order valence-electron chi connectivity index (χ1n) is 3.35. The Morgan fingerprint density at radius 1 is 1.38 bits per heavy atom. The van der Waals surface area contributed by atoms with Crippen LogP contribution in [0.15, 0.2) is 33.9 Å². The van der Waals surface area contributed by atoms with Gasteiger partial charge in [0.2, 0.25) is 0 Å². The maximum atomic E-state index is 12.5. The topological polar surface area (TPSA) is 60.2 Å². The Labute approximate surface area is 73.2 Å². The Hall–Kier alpha value is -1.43. The average molecular weight is 201 g/mol. The quantitative estimate of drug-likeness (QED) is 0.656. The van der Waals surface area contributed by atoms with Crippen molar-refractivity contribution in [3.05, 3.63) is 24.6 Å². The van der Waals surface area contributed by atoms with E-state index in [-0.39, 0.29) is 0 Å². The van der Waals surface area contributed by atoms with Crippen molar-refractivity contribution < 1.29 is 16.7 Å². The normalized spacial score (nSPS) is 12.1. The number of hydrogen-bond acceptors (Lipinski definition) is 4. The number of nitrogens with zero attached hydrogens (tertiary/aromatic N) is 1. The molecule has 1 heterocycles. The van der Waals surface area contributed by atoms with Gasteiger partial charge >= 0.3 is 10.2 Å². The molecule has 0 aliphatic carbocycles. The zero-order valence-electron chi connectivity index (χ0n) is 6.27. The summed E-state index contributed by atoms with van der Waals surface area (Å²) in [6.45, 7) is 0. The van der Waals surface area contributed by atoms with Gasteiger partial charge in [0, 0.05) is 0 Å². The predicted molar refractivity (Wildman–Crippen MR) is 42.3 cm³/mol. The van der Waals surface area contributed by atoms with Crippen LogP contribution in [0.2, 0.25) is 0 Å². The van der Waals surface area contributed by atoms with Crippen LogP contribution in [0.5, 0.6) is 0 Å². The van der Waals surface area contributed by atoms with Crippen molar-refractivity contribution in [3.8, 4) is 0 Å². The molecule has 68 valence electrons. The third-order valence-corrected chi connectivity index (χ3v) is 2.40. The van der Waals surface area contributed by atoms with Crippen LogP contribution in [-0.4, -0.2) is 13.4 Å². The van der Waals surface area contributed by atoms with Gasteiger partial charge in [0.05, 0.1) is 0 Å². The van der Waals surface area contributed by atoms with Crippen molar-refractivity contribution in [1.29, 1.82) is 0 Å². The zero-order chi connectivity index (χ0) is 9.47. The van der Waals surface area contributed by atoms with E-state index in [1.54, 1.807) is 0 Å². The monoisotopic (exact) mass is 201 g/mol. The van der Waals surface area contributed by atoms with Crippen LogP contribution < -0.4 is 0 Å². The van der Waals surface area contributed by atoms with Gasteiger partial charge in [0.15, 0.2) is 12.0 Å². The lowest BCUT2D eigenvalue weighted by atomic mass is 10.3. The first kappa shape index (κ1) is 8.18. The summed E-state index contributed by atoms with van der Waals surface area (Å²) in [5.74, 6) is 0. The minimum atomic E-state index is -4.65. The number of rotatable bonds is 1. The van der Waals surface area contributed by atoms with Crippen LogP contribution in [0.1, 0.15) is 0 Å². The molecule has 0 unspecified atom stereocenters. The van der Waals surface area contributed by atoms with Crippen LogP contribution in [0, 0.1) is 0 Å². The Morgan fingerprint density at radius 3 is 2.85 bits per heavy atom. The molecule has 0 saturated carbocycles. The lowest BCUT2D eigenvalue weighted by Gasteiger charge is -1.92. The molecule has 1 aromatic heterocycles. The van der Waals surface area contributed by atoms with Gasteiger partial charge in [-0.3, -0.25) is 0 Å². The molecule has 0 atom stereocenters. The molecular weight excluding hydrogens is 197 g/mol. The zero-order valence-corrected chi connectivity index (χ0v) is 7.08. The summed E-state index contributed by atoms with van der Waals surface area (Å²) < 4.78 is 38.3. The average Bonchev–Trinajstić information content (AvgIpc) is 2.47. The maximum Gasteiger partial charge on any atom is 0.332 e. The molecule has 0 saturated heterocycles. The fraction of sp³-hybridized carbons (Fsp3) is 0. The van der Waals surface area contributed by atoms with E-state index in [2.05, 4.69) is 4.98 Å². The molecule has 4 nitrogen and oxygen atoms in total. The third kappa shape index (κ3) is 1.40. The second kappa shape index (κ2) is 2.53. The number of aromatic nitrogens is 1. The summed E-state index contributed by atoms with van der Waals surface area (Å²) >= 11 is 0. The first-order valence-corrected chi connectivity index (χ1v) is 4.73. The first-order chi connectivity index (χ1) is 6.07. The summed E-state index contributed by atoms with van der Waals surface area (Å²) in [6.07, 6.45) is 1.17. The molecule has 0 spiro atoms. The molecule has 2 aromatic rings. The fourth-order valence-corrected chi connectivity index (χ4v) is 1.47. The molecule has 1 aromatic carbocycles. The van der Waals surface area contributed by atoms with Crippen molar-refractivity contribution in [2.75, 3.05) is 0 Å². The summed E-state index contributed by atoms with van der Waals surface area (Å²) in [7, 11) is -4.65. The number of hydrogen-bond donors (Lipinski definition) is 0. The van der Waals surface area contributed by atoms with Crippen molar-refractivity contribution in [2.24, 2.45) is 0 Å².